The highest BCUT2D eigenvalue weighted by Gasteiger charge is 2.06. The fourth-order valence-electron chi connectivity index (χ4n) is 1.53. The van der Waals surface area contributed by atoms with E-state index in [1.165, 1.54) is 0 Å². The molecule has 0 heterocycles. The highest BCUT2D eigenvalue weighted by molar-refractivity contribution is 9.10. The van der Waals surface area contributed by atoms with Crippen LogP contribution in [0.3, 0.4) is 0 Å². The molecule has 0 aliphatic carbocycles. The van der Waals surface area contributed by atoms with Crippen molar-refractivity contribution in [1.29, 1.82) is 0 Å². The van der Waals surface area contributed by atoms with E-state index in [2.05, 4.69) is 15.9 Å². The first-order valence-electron chi connectivity index (χ1n) is 5.18. The van der Waals surface area contributed by atoms with Gasteiger partial charge in [-0.2, -0.15) is 0 Å². The number of halogens is 2. The number of carbonyl (C=O) groups excluding carboxylic acids is 1. The molecule has 0 aliphatic heterocycles. The lowest BCUT2D eigenvalue weighted by atomic mass is 10.0. The molecule has 0 atom stereocenters. The molecule has 0 unspecified atom stereocenters. The van der Waals surface area contributed by atoms with Crippen LogP contribution in [0.25, 0.3) is 0 Å². The quantitative estimate of drug-likeness (QED) is 0.761. The van der Waals surface area contributed by atoms with E-state index in [0.29, 0.717) is 11.4 Å². The number of benzene rings is 2. The van der Waals surface area contributed by atoms with Crippen LogP contribution in [0.5, 0.6) is 0 Å². The lowest BCUT2D eigenvalue weighted by Crippen LogP contribution is -2.02. The minimum absolute atomic E-state index is 0.111. The van der Waals surface area contributed by atoms with Gasteiger partial charge in [0, 0.05) is 21.5 Å². The van der Waals surface area contributed by atoms with E-state index >= 15 is 0 Å². The number of ketones is 1. The zero-order valence-electron chi connectivity index (χ0n) is 8.99. The van der Waals surface area contributed by atoms with Crippen LogP contribution in [0.15, 0.2) is 53.0 Å². The molecule has 0 spiro atoms. The molecule has 0 aliphatic rings. The van der Waals surface area contributed by atoms with Gasteiger partial charge in [-0.3, -0.25) is 4.79 Å². The van der Waals surface area contributed by atoms with Crippen molar-refractivity contribution in [2.24, 2.45) is 0 Å². The van der Waals surface area contributed by atoms with Gasteiger partial charge >= 0.3 is 0 Å². The maximum atomic E-state index is 12.0. The Hall–Kier alpha value is -1.12. The second kappa shape index (κ2) is 5.48. The van der Waals surface area contributed by atoms with Crippen molar-refractivity contribution in [2.45, 2.75) is 6.42 Å². The summed E-state index contributed by atoms with van der Waals surface area (Å²) in [5, 5.41) is 0.685. The molecule has 0 N–H and O–H groups in total. The predicted molar refractivity (Wildman–Crippen MR) is 73.6 cm³/mol. The highest BCUT2D eigenvalue weighted by atomic mass is 79.9. The zero-order chi connectivity index (χ0) is 12.3. The van der Waals surface area contributed by atoms with Crippen molar-refractivity contribution >= 4 is 33.3 Å². The Morgan fingerprint density at radius 1 is 1.00 bits per heavy atom. The third-order valence-corrected chi connectivity index (χ3v) is 3.22. The van der Waals surface area contributed by atoms with Crippen molar-refractivity contribution in [3.63, 3.8) is 0 Å². The summed E-state index contributed by atoms with van der Waals surface area (Å²) in [6, 6.07) is 14.7. The predicted octanol–water partition coefficient (Wildman–Crippen LogP) is 4.53. The van der Waals surface area contributed by atoms with Gasteiger partial charge in [0.2, 0.25) is 0 Å². The topological polar surface area (TPSA) is 17.1 Å². The Morgan fingerprint density at radius 3 is 2.18 bits per heavy atom. The summed E-state index contributed by atoms with van der Waals surface area (Å²) < 4.78 is 0.973. The van der Waals surface area contributed by atoms with Crippen LogP contribution in [-0.4, -0.2) is 5.78 Å². The summed E-state index contributed by atoms with van der Waals surface area (Å²) >= 11 is 9.14. The van der Waals surface area contributed by atoms with Crippen molar-refractivity contribution < 1.29 is 4.79 Å². The molecule has 0 fully saturated rings. The van der Waals surface area contributed by atoms with Crippen molar-refractivity contribution in [3.05, 3.63) is 69.2 Å². The van der Waals surface area contributed by atoms with E-state index in [0.717, 1.165) is 15.6 Å². The third kappa shape index (κ3) is 3.42. The lowest BCUT2D eigenvalue weighted by molar-refractivity contribution is 0.0993. The minimum Gasteiger partial charge on any atom is -0.294 e. The fourth-order valence-corrected chi connectivity index (χ4v) is 1.92. The molecule has 0 bridgehead atoms. The van der Waals surface area contributed by atoms with Gasteiger partial charge in [0.15, 0.2) is 5.78 Å². The Labute approximate surface area is 114 Å². The number of Topliss-reactive ketones (excluding diaryl/α,β-unsaturated/α-hetero) is 1. The summed E-state index contributed by atoms with van der Waals surface area (Å²) in [6.45, 7) is 0. The molecule has 0 radical (unpaired) electrons. The van der Waals surface area contributed by atoms with Gasteiger partial charge in [-0.15, -0.1) is 0 Å². The number of hydrogen-bond acceptors (Lipinski definition) is 1. The standard InChI is InChI=1S/C14H10BrClO/c15-12-5-3-11(4-6-12)14(17)9-10-1-7-13(16)8-2-10/h1-8H,9H2. The smallest absolute Gasteiger partial charge is 0.167 e. The SMILES string of the molecule is O=C(Cc1ccc(Cl)cc1)c1ccc(Br)cc1. The minimum atomic E-state index is 0.111. The number of carbonyl (C=O) groups is 1. The maximum absolute atomic E-state index is 12.0. The Balaban J connectivity index is 2.11. The molecule has 0 aromatic heterocycles. The first-order chi connectivity index (χ1) is 8.15. The summed E-state index contributed by atoms with van der Waals surface area (Å²) in [5.74, 6) is 0.111. The normalized spacial score (nSPS) is 10.2. The first-order valence-corrected chi connectivity index (χ1v) is 6.35. The summed E-state index contributed by atoms with van der Waals surface area (Å²) in [5.41, 5.74) is 1.70. The number of rotatable bonds is 3. The summed E-state index contributed by atoms with van der Waals surface area (Å²) in [6.07, 6.45) is 0.402. The second-order valence-corrected chi connectivity index (χ2v) is 5.09. The Morgan fingerprint density at radius 2 is 1.59 bits per heavy atom. The molecule has 1 nitrogen and oxygen atoms in total. The highest BCUT2D eigenvalue weighted by Crippen LogP contribution is 2.14. The molecule has 3 heteroatoms. The van der Waals surface area contributed by atoms with E-state index in [1.807, 2.05) is 36.4 Å². The van der Waals surface area contributed by atoms with Crippen LogP contribution in [-0.2, 0) is 6.42 Å². The van der Waals surface area contributed by atoms with Crippen molar-refractivity contribution in [1.82, 2.24) is 0 Å². The van der Waals surface area contributed by atoms with E-state index in [4.69, 9.17) is 11.6 Å². The molecular formula is C14H10BrClO. The largest absolute Gasteiger partial charge is 0.294 e. The van der Waals surface area contributed by atoms with Gasteiger partial charge in [0.25, 0.3) is 0 Å². The van der Waals surface area contributed by atoms with Gasteiger partial charge in [-0.05, 0) is 29.8 Å². The molecule has 86 valence electrons. The van der Waals surface area contributed by atoms with Crippen LogP contribution in [0.4, 0.5) is 0 Å². The molecule has 0 saturated carbocycles. The Kier molecular flexibility index (Phi) is 3.97. The molecule has 0 saturated heterocycles. The molecular weight excluding hydrogens is 300 g/mol. The van der Waals surface area contributed by atoms with Gasteiger partial charge in [0.1, 0.15) is 0 Å². The van der Waals surface area contributed by atoms with Crippen molar-refractivity contribution in [2.75, 3.05) is 0 Å². The molecule has 2 aromatic rings. The van der Waals surface area contributed by atoms with Crippen LogP contribution in [0.1, 0.15) is 15.9 Å². The average molecular weight is 310 g/mol. The fraction of sp³-hybridized carbons (Fsp3) is 0.0714. The third-order valence-electron chi connectivity index (χ3n) is 2.44. The number of hydrogen-bond donors (Lipinski definition) is 0. The Bertz CT molecular complexity index is 517. The van der Waals surface area contributed by atoms with Crippen molar-refractivity contribution in [3.8, 4) is 0 Å². The molecule has 17 heavy (non-hydrogen) atoms. The monoisotopic (exact) mass is 308 g/mol. The maximum Gasteiger partial charge on any atom is 0.167 e. The second-order valence-electron chi connectivity index (χ2n) is 3.73. The average Bonchev–Trinajstić information content (AvgIpc) is 2.33. The van der Waals surface area contributed by atoms with E-state index in [9.17, 15) is 4.79 Å². The van der Waals surface area contributed by atoms with E-state index < -0.39 is 0 Å². The molecule has 2 aromatic carbocycles. The van der Waals surface area contributed by atoms with Gasteiger partial charge in [-0.25, -0.2) is 0 Å². The van der Waals surface area contributed by atoms with Gasteiger partial charge in [-0.1, -0.05) is 51.8 Å². The first kappa shape index (κ1) is 12.3. The van der Waals surface area contributed by atoms with Crippen LogP contribution < -0.4 is 0 Å². The van der Waals surface area contributed by atoms with Crippen LogP contribution in [0, 0.1) is 0 Å². The zero-order valence-corrected chi connectivity index (χ0v) is 11.3. The summed E-state index contributed by atoms with van der Waals surface area (Å²) in [7, 11) is 0. The van der Waals surface area contributed by atoms with Crippen LogP contribution in [0.2, 0.25) is 5.02 Å². The van der Waals surface area contributed by atoms with Gasteiger partial charge in [0.05, 0.1) is 0 Å². The van der Waals surface area contributed by atoms with Gasteiger partial charge < -0.3 is 0 Å². The molecule has 0 amide bonds. The lowest BCUT2D eigenvalue weighted by Gasteiger charge is -2.02. The van der Waals surface area contributed by atoms with E-state index in [1.54, 1.807) is 12.1 Å². The van der Waals surface area contributed by atoms with E-state index in [-0.39, 0.29) is 5.78 Å². The summed E-state index contributed by atoms with van der Waals surface area (Å²) in [4.78, 5) is 12.0. The van der Waals surface area contributed by atoms with Crippen LogP contribution >= 0.6 is 27.5 Å². The molecule has 2 rings (SSSR count).